The van der Waals surface area contributed by atoms with Crippen LogP contribution in [0.4, 0.5) is 5.69 Å². The Balaban J connectivity index is 1.66. The summed E-state index contributed by atoms with van der Waals surface area (Å²) < 4.78 is 41.6. The van der Waals surface area contributed by atoms with Gasteiger partial charge in [0.25, 0.3) is 21.8 Å². The fraction of sp³-hybridized carbons (Fsp3) is 0.457. The summed E-state index contributed by atoms with van der Waals surface area (Å²) in [6.45, 7) is 8.18. The van der Waals surface area contributed by atoms with Gasteiger partial charge >= 0.3 is 0 Å². The number of pyridine rings is 1. The highest BCUT2D eigenvalue weighted by Crippen LogP contribution is 2.29. The zero-order chi connectivity index (χ0) is 34.1. The van der Waals surface area contributed by atoms with E-state index in [1.807, 2.05) is 20.8 Å². The van der Waals surface area contributed by atoms with Crippen molar-refractivity contribution in [1.29, 1.82) is 0 Å². The minimum Gasteiger partial charge on any atom is -0.490 e. The van der Waals surface area contributed by atoms with Crippen LogP contribution >= 0.6 is 0 Å². The lowest BCUT2D eigenvalue weighted by Crippen LogP contribution is -2.48. The van der Waals surface area contributed by atoms with E-state index in [9.17, 15) is 23.1 Å². The minimum absolute atomic E-state index is 0.0992. The summed E-state index contributed by atoms with van der Waals surface area (Å²) in [5, 5.41) is 10.2. The quantitative estimate of drug-likeness (QED) is 0.351. The van der Waals surface area contributed by atoms with Gasteiger partial charge in [0.15, 0.2) is 0 Å². The lowest BCUT2D eigenvalue weighted by Gasteiger charge is -2.36. The molecular formula is C35H46N4O7S. The Bertz CT molecular complexity index is 1600. The number of rotatable bonds is 8. The van der Waals surface area contributed by atoms with Gasteiger partial charge in [0, 0.05) is 56.3 Å². The lowest BCUT2D eigenvalue weighted by molar-refractivity contribution is -0.0149. The summed E-state index contributed by atoms with van der Waals surface area (Å²) >= 11 is 0. The molecule has 2 amide bonds. The second-order valence-corrected chi connectivity index (χ2v) is 14.0. The Hall–Kier alpha value is -4.00. The molecular weight excluding hydrogens is 620 g/mol. The van der Waals surface area contributed by atoms with Crippen LogP contribution in [0.2, 0.25) is 0 Å². The number of fused-ring (bicyclic) bond motifs is 1. The van der Waals surface area contributed by atoms with Crippen molar-refractivity contribution in [2.75, 3.05) is 38.1 Å². The van der Waals surface area contributed by atoms with Gasteiger partial charge in [0.1, 0.15) is 5.75 Å². The summed E-state index contributed by atoms with van der Waals surface area (Å²) in [4.78, 5) is 34.8. The first kappa shape index (κ1) is 35.8. The van der Waals surface area contributed by atoms with Gasteiger partial charge in [-0.05, 0) is 82.5 Å². The van der Waals surface area contributed by atoms with Gasteiger partial charge in [0.05, 0.1) is 35.3 Å². The average molecular weight is 667 g/mol. The number of benzene rings is 2. The molecule has 3 aromatic rings. The highest BCUT2D eigenvalue weighted by atomic mass is 32.2. The molecule has 0 bridgehead atoms. The Kier molecular flexibility index (Phi) is 12.4. The van der Waals surface area contributed by atoms with Crippen molar-refractivity contribution in [3.8, 4) is 5.75 Å². The van der Waals surface area contributed by atoms with Crippen LogP contribution in [0.5, 0.6) is 5.75 Å². The topological polar surface area (TPSA) is 138 Å². The fourth-order valence-electron chi connectivity index (χ4n) is 5.45. The number of anilines is 1. The Morgan fingerprint density at radius 1 is 1.11 bits per heavy atom. The maximum Gasteiger partial charge on any atom is 0.261 e. The van der Waals surface area contributed by atoms with Crippen LogP contribution < -0.4 is 9.46 Å². The SMILES string of the molecule is Cc1ccc(S(=O)(=O)Nc2ccc3c(c2)C(=O)N([C@@H](C)CO)C[C@@H](C)[C@H](CN(C)C(=O)c2ccncc2)OCCCC[C@@H](C)O3)cc1. The molecule has 1 aromatic heterocycles. The molecule has 0 saturated carbocycles. The monoisotopic (exact) mass is 666 g/mol. The molecule has 2 N–H and O–H groups in total. The van der Waals surface area contributed by atoms with Gasteiger partial charge in [-0.2, -0.15) is 0 Å². The summed E-state index contributed by atoms with van der Waals surface area (Å²) in [6.07, 6.45) is 4.81. The van der Waals surface area contributed by atoms with Crippen LogP contribution in [0.1, 0.15) is 66.3 Å². The standard InChI is InChI=1S/C35H46N4O7S/c1-24-9-12-30(13-10-24)47(43,44)37-29-11-14-32-31(20-29)35(42)39(26(3)23-40)21-25(2)33(45-19-7-6-8-27(4)46-32)22-38(5)34(41)28-15-17-36-18-16-28/h9-18,20,25-27,33,37,40H,6-8,19,21-23H2,1-5H3/t25-,26+,27-,33+/m1/s1. The van der Waals surface area contributed by atoms with E-state index in [2.05, 4.69) is 9.71 Å². The van der Waals surface area contributed by atoms with E-state index in [0.29, 0.717) is 30.9 Å². The number of likely N-dealkylation sites (N-methyl/N-ethyl adjacent to an activating group) is 1. The Morgan fingerprint density at radius 2 is 1.81 bits per heavy atom. The number of amides is 2. The summed E-state index contributed by atoms with van der Waals surface area (Å²) in [7, 11) is -2.21. The number of aromatic nitrogens is 1. The third-order valence-electron chi connectivity index (χ3n) is 8.36. The van der Waals surface area contributed by atoms with Crippen molar-refractivity contribution in [3.05, 3.63) is 83.7 Å². The van der Waals surface area contributed by atoms with E-state index in [4.69, 9.17) is 9.47 Å². The predicted molar refractivity (Wildman–Crippen MR) is 180 cm³/mol. The van der Waals surface area contributed by atoms with E-state index < -0.39 is 28.1 Å². The molecule has 0 spiro atoms. The van der Waals surface area contributed by atoms with Crippen LogP contribution in [0.3, 0.4) is 0 Å². The first-order valence-corrected chi connectivity index (χ1v) is 17.5. The van der Waals surface area contributed by atoms with E-state index in [1.54, 1.807) is 72.6 Å². The number of sulfonamides is 1. The molecule has 4 rings (SSSR count). The largest absolute Gasteiger partial charge is 0.490 e. The number of carbonyl (C=O) groups is 2. The third kappa shape index (κ3) is 9.52. The van der Waals surface area contributed by atoms with Gasteiger partial charge < -0.3 is 24.4 Å². The second kappa shape index (κ2) is 16.2. The zero-order valence-electron chi connectivity index (χ0n) is 27.8. The number of aryl methyl sites for hydroxylation is 1. The molecule has 254 valence electrons. The van der Waals surface area contributed by atoms with Crippen molar-refractivity contribution in [3.63, 3.8) is 0 Å². The van der Waals surface area contributed by atoms with Gasteiger partial charge in [0.2, 0.25) is 0 Å². The molecule has 0 unspecified atom stereocenters. The molecule has 0 radical (unpaired) electrons. The minimum atomic E-state index is -3.93. The maximum atomic E-state index is 14.4. The van der Waals surface area contributed by atoms with Crippen molar-refractivity contribution in [2.45, 2.75) is 70.1 Å². The van der Waals surface area contributed by atoms with Gasteiger partial charge in [-0.3, -0.25) is 19.3 Å². The number of carbonyl (C=O) groups excluding carboxylic acids is 2. The normalized spacial score (nSPS) is 20.3. The molecule has 2 aromatic carbocycles. The van der Waals surface area contributed by atoms with Crippen LogP contribution in [0.15, 0.2) is 71.9 Å². The number of aliphatic hydroxyl groups is 1. The number of ether oxygens (including phenoxy) is 2. The first-order valence-electron chi connectivity index (χ1n) is 16.0. The van der Waals surface area contributed by atoms with Gasteiger partial charge in [-0.25, -0.2) is 8.42 Å². The smallest absolute Gasteiger partial charge is 0.261 e. The average Bonchev–Trinajstić information content (AvgIpc) is 3.06. The molecule has 12 heteroatoms. The van der Waals surface area contributed by atoms with Crippen LogP contribution in [-0.4, -0.2) is 91.7 Å². The molecule has 1 aliphatic rings. The predicted octanol–water partition coefficient (Wildman–Crippen LogP) is 4.76. The summed E-state index contributed by atoms with van der Waals surface area (Å²) in [5.41, 5.74) is 1.82. The number of nitrogens with one attached hydrogen (secondary N) is 1. The third-order valence-corrected chi connectivity index (χ3v) is 9.76. The molecule has 47 heavy (non-hydrogen) atoms. The van der Waals surface area contributed by atoms with Crippen LogP contribution in [-0.2, 0) is 14.8 Å². The molecule has 1 aliphatic heterocycles. The van der Waals surface area contributed by atoms with Crippen LogP contribution in [0.25, 0.3) is 0 Å². The van der Waals surface area contributed by atoms with Crippen molar-refractivity contribution >= 4 is 27.5 Å². The van der Waals surface area contributed by atoms with Crippen molar-refractivity contribution in [1.82, 2.24) is 14.8 Å². The highest BCUT2D eigenvalue weighted by Gasteiger charge is 2.31. The molecule has 0 fully saturated rings. The van der Waals surface area contributed by atoms with Crippen LogP contribution in [0, 0.1) is 12.8 Å². The highest BCUT2D eigenvalue weighted by molar-refractivity contribution is 7.92. The van der Waals surface area contributed by atoms with E-state index in [-0.39, 0.29) is 47.2 Å². The number of hydrogen-bond acceptors (Lipinski definition) is 8. The Morgan fingerprint density at radius 3 is 2.49 bits per heavy atom. The fourth-order valence-corrected chi connectivity index (χ4v) is 6.50. The summed E-state index contributed by atoms with van der Waals surface area (Å²) in [6, 6.07) is 13.9. The number of nitrogens with zero attached hydrogens (tertiary/aromatic N) is 3. The Labute approximate surface area is 278 Å². The van der Waals surface area contributed by atoms with E-state index >= 15 is 0 Å². The van der Waals surface area contributed by atoms with Crippen molar-refractivity contribution in [2.24, 2.45) is 5.92 Å². The van der Waals surface area contributed by atoms with Gasteiger partial charge in [-0.15, -0.1) is 0 Å². The molecule has 0 aliphatic carbocycles. The summed E-state index contributed by atoms with van der Waals surface area (Å²) in [5.74, 6) is -0.500. The molecule has 11 nitrogen and oxygen atoms in total. The van der Waals surface area contributed by atoms with E-state index in [0.717, 1.165) is 18.4 Å². The van der Waals surface area contributed by atoms with Crippen molar-refractivity contribution < 1.29 is 32.6 Å². The maximum absolute atomic E-state index is 14.4. The second-order valence-electron chi connectivity index (χ2n) is 12.4. The lowest BCUT2D eigenvalue weighted by atomic mass is 10.0. The molecule has 2 heterocycles. The number of hydrogen-bond donors (Lipinski definition) is 2. The zero-order valence-corrected chi connectivity index (χ0v) is 28.6. The van der Waals surface area contributed by atoms with Gasteiger partial charge in [-0.1, -0.05) is 24.6 Å². The number of aliphatic hydroxyl groups excluding tert-OH is 1. The van der Waals surface area contributed by atoms with E-state index in [1.165, 1.54) is 18.2 Å². The molecule has 0 saturated heterocycles. The first-order chi connectivity index (χ1) is 22.4. The molecule has 4 atom stereocenters.